The molecule has 25 heavy (non-hydrogen) atoms. The molecule has 0 spiro atoms. The summed E-state index contributed by atoms with van der Waals surface area (Å²) < 4.78 is 35.5. The van der Waals surface area contributed by atoms with Crippen molar-refractivity contribution in [1.82, 2.24) is 20.3 Å². The summed E-state index contributed by atoms with van der Waals surface area (Å²) in [5.74, 6) is -2.18. The molecule has 1 amide bonds. The highest BCUT2D eigenvalue weighted by molar-refractivity contribution is 5.97. The second kappa shape index (κ2) is 8.04. The van der Waals surface area contributed by atoms with E-state index in [4.69, 9.17) is 9.84 Å². The van der Waals surface area contributed by atoms with Crippen LogP contribution in [-0.4, -0.2) is 45.7 Å². The van der Waals surface area contributed by atoms with Crippen molar-refractivity contribution < 1.29 is 33.0 Å². The lowest BCUT2D eigenvalue weighted by atomic mass is 10.1. The quantitative estimate of drug-likeness (QED) is 0.722. The number of carboxylic acid groups (broad SMARTS) is 1. The Morgan fingerprint density at radius 1 is 1.40 bits per heavy atom. The molecular weight excluding hydrogens is 342 g/mol. The molecule has 0 saturated carbocycles. The number of halogens is 2. The number of rotatable bonds is 8. The van der Waals surface area contributed by atoms with E-state index in [1.165, 1.54) is 31.5 Å². The van der Waals surface area contributed by atoms with Gasteiger partial charge in [-0.15, -0.1) is 5.10 Å². The summed E-state index contributed by atoms with van der Waals surface area (Å²) in [4.78, 5) is 22.8. The van der Waals surface area contributed by atoms with Gasteiger partial charge < -0.3 is 19.9 Å². The number of methoxy groups -OCH3 is 1. The third-order valence-electron chi connectivity index (χ3n) is 2.96. The van der Waals surface area contributed by atoms with Crippen LogP contribution in [0, 0.1) is 0 Å². The maximum absolute atomic E-state index is 12.6. The van der Waals surface area contributed by atoms with Gasteiger partial charge in [-0.1, -0.05) is 11.3 Å². The first kappa shape index (κ1) is 18.1. The van der Waals surface area contributed by atoms with Crippen molar-refractivity contribution >= 4 is 11.9 Å². The number of para-hydroxylation sites is 1. The summed E-state index contributed by atoms with van der Waals surface area (Å²) >= 11 is 0. The lowest BCUT2D eigenvalue weighted by Gasteiger charge is -2.13. The van der Waals surface area contributed by atoms with Gasteiger partial charge in [0, 0.05) is 0 Å². The van der Waals surface area contributed by atoms with E-state index in [1.807, 2.05) is 0 Å². The molecule has 0 aliphatic heterocycles. The molecule has 0 aliphatic carbocycles. The summed E-state index contributed by atoms with van der Waals surface area (Å²) in [6.45, 7) is -3.58. The molecule has 2 rings (SSSR count). The zero-order valence-corrected chi connectivity index (χ0v) is 13.0. The summed E-state index contributed by atoms with van der Waals surface area (Å²) in [5.41, 5.74) is 0.159. The smallest absolute Gasteiger partial charge is 0.387 e. The van der Waals surface area contributed by atoms with Crippen LogP contribution in [0.5, 0.6) is 11.5 Å². The van der Waals surface area contributed by atoms with Crippen molar-refractivity contribution in [2.24, 2.45) is 0 Å². The fourth-order valence-electron chi connectivity index (χ4n) is 1.97. The predicted octanol–water partition coefficient (Wildman–Crippen LogP) is 0.903. The minimum atomic E-state index is -3.13. The van der Waals surface area contributed by atoms with Crippen LogP contribution in [-0.2, 0) is 17.9 Å². The van der Waals surface area contributed by atoms with E-state index in [2.05, 4.69) is 20.4 Å². The van der Waals surface area contributed by atoms with Gasteiger partial charge in [0.25, 0.3) is 5.91 Å². The first-order valence-electron chi connectivity index (χ1n) is 6.91. The van der Waals surface area contributed by atoms with Crippen LogP contribution in [0.3, 0.4) is 0 Å². The highest BCUT2D eigenvalue weighted by atomic mass is 19.3. The van der Waals surface area contributed by atoms with Gasteiger partial charge in [-0.2, -0.15) is 8.78 Å². The zero-order valence-electron chi connectivity index (χ0n) is 13.0. The molecule has 2 aromatic rings. The van der Waals surface area contributed by atoms with E-state index in [0.29, 0.717) is 5.69 Å². The van der Waals surface area contributed by atoms with E-state index in [9.17, 15) is 18.4 Å². The van der Waals surface area contributed by atoms with Crippen molar-refractivity contribution in [3.8, 4) is 11.5 Å². The molecule has 1 aromatic carbocycles. The largest absolute Gasteiger partial charge is 0.493 e. The first-order valence-corrected chi connectivity index (χ1v) is 6.91. The zero-order chi connectivity index (χ0) is 18.4. The number of alkyl halides is 2. The Morgan fingerprint density at radius 3 is 2.80 bits per heavy atom. The van der Waals surface area contributed by atoms with E-state index >= 15 is 0 Å². The Morgan fingerprint density at radius 2 is 2.16 bits per heavy atom. The minimum Gasteiger partial charge on any atom is -0.493 e. The molecule has 0 aliphatic rings. The number of amides is 1. The number of aliphatic carboxylic acids is 1. The van der Waals surface area contributed by atoms with Crippen LogP contribution in [0.15, 0.2) is 24.4 Å². The Hall–Kier alpha value is -3.24. The second-order valence-corrected chi connectivity index (χ2v) is 4.70. The van der Waals surface area contributed by atoms with Crippen molar-refractivity contribution in [1.29, 1.82) is 0 Å². The second-order valence-electron chi connectivity index (χ2n) is 4.70. The molecule has 0 bridgehead atoms. The molecule has 0 saturated heterocycles. The SMILES string of the molecule is COc1cccc(C(=O)NCc2cn(CC(=O)O)nn2)c1OC(F)F. The van der Waals surface area contributed by atoms with Gasteiger partial charge >= 0.3 is 12.6 Å². The third kappa shape index (κ3) is 4.86. The molecular formula is C14H14F2N4O5. The summed E-state index contributed by atoms with van der Waals surface area (Å²) in [7, 11) is 1.26. The van der Waals surface area contributed by atoms with Gasteiger partial charge in [0.05, 0.1) is 25.4 Å². The number of hydrogen-bond acceptors (Lipinski definition) is 6. The Balaban J connectivity index is 2.10. The van der Waals surface area contributed by atoms with E-state index in [1.54, 1.807) is 0 Å². The lowest BCUT2D eigenvalue weighted by Crippen LogP contribution is -2.24. The molecule has 1 heterocycles. The Kier molecular flexibility index (Phi) is 5.82. The van der Waals surface area contributed by atoms with E-state index in [0.717, 1.165) is 4.68 Å². The molecule has 11 heteroatoms. The molecule has 134 valence electrons. The van der Waals surface area contributed by atoms with Gasteiger partial charge in [-0.3, -0.25) is 9.59 Å². The summed E-state index contributed by atoms with van der Waals surface area (Å²) in [6, 6.07) is 4.14. The highest BCUT2D eigenvalue weighted by Gasteiger charge is 2.20. The van der Waals surface area contributed by atoms with Crippen molar-refractivity contribution in [2.75, 3.05) is 7.11 Å². The van der Waals surface area contributed by atoms with Crippen molar-refractivity contribution in [3.05, 3.63) is 35.7 Å². The van der Waals surface area contributed by atoms with Crippen LogP contribution in [0.2, 0.25) is 0 Å². The minimum absolute atomic E-state index is 0.0136. The number of hydrogen-bond donors (Lipinski definition) is 2. The van der Waals surface area contributed by atoms with Gasteiger partial charge in [0.2, 0.25) is 0 Å². The molecule has 0 radical (unpaired) electrons. The fourth-order valence-corrected chi connectivity index (χ4v) is 1.97. The Labute approximate surface area is 140 Å². The molecule has 0 unspecified atom stereocenters. The number of aromatic nitrogens is 3. The Bertz CT molecular complexity index is 765. The standard InChI is InChI=1S/C14H14F2N4O5/c1-24-10-4-2-3-9(12(10)25-14(15)16)13(23)17-5-8-6-20(19-18-8)7-11(21)22/h2-4,6,14H,5,7H2,1H3,(H,17,23)(H,21,22). The third-order valence-corrected chi connectivity index (χ3v) is 2.96. The molecule has 2 N–H and O–H groups in total. The lowest BCUT2D eigenvalue weighted by molar-refractivity contribution is -0.137. The van der Waals surface area contributed by atoms with Gasteiger partial charge in [-0.05, 0) is 12.1 Å². The average molecular weight is 356 g/mol. The van der Waals surface area contributed by atoms with Gasteiger partial charge in [0.1, 0.15) is 12.2 Å². The number of carbonyl (C=O) groups is 2. The van der Waals surface area contributed by atoms with Crippen molar-refractivity contribution in [3.63, 3.8) is 0 Å². The number of benzene rings is 1. The fraction of sp³-hybridized carbons (Fsp3) is 0.286. The van der Waals surface area contributed by atoms with Crippen LogP contribution in [0.1, 0.15) is 16.1 Å². The summed E-state index contributed by atoms with van der Waals surface area (Å²) in [5, 5.41) is 18.4. The van der Waals surface area contributed by atoms with Crippen LogP contribution in [0.4, 0.5) is 8.78 Å². The maximum atomic E-state index is 12.6. The molecule has 1 aromatic heterocycles. The number of nitrogens with zero attached hydrogens (tertiary/aromatic N) is 3. The maximum Gasteiger partial charge on any atom is 0.387 e. The average Bonchev–Trinajstić information content (AvgIpc) is 2.99. The van der Waals surface area contributed by atoms with Gasteiger partial charge in [-0.25, -0.2) is 4.68 Å². The van der Waals surface area contributed by atoms with Crippen LogP contribution < -0.4 is 14.8 Å². The van der Waals surface area contributed by atoms with Gasteiger partial charge in [0.15, 0.2) is 11.5 Å². The van der Waals surface area contributed by atoms with E-state index < -0.39 is 18.5 Å². The highest BCUT2D eigenvalue weighted by Crippen LogP contribution is 2.32. The first-order chi connectivity index (χ1) is 11.9. The molecule has 0 atom stereocenters. The number of nitrogens with one attached hydrogen (secondary N) is 1. The number of carbonyl (C=O) groups excluding carboxylic acids is 1. The van der Waals surface area contributed by atoms with Crippen LogP contribution in [0.25, 0.3) is 0 Å². The normalized spacial score (nSPS) is 10.6. The van der Waals surface area contributed by atoms with E-state index in [-0.39, 0.29) is 30.2 Å². The summed E-state index contributed by atoms with van der Waals surface area (Å²) in [6.07, 6.45) is 1.34. The predicted molar refractivity (Wildman–Crippen MR) is 78.5 cm³/mol. The number of carboxylic acids is 1. The molecule has 9 nitrogen and oxygen atoms in total. The number of ether oxygens (including phenoxy) is 2. The topological polar surface area (TPSA) is 116 Å². The van der Waals surface area contributed by atoms with Crippen molar-refractivity contribution in [2.45, 2.75) is 19.7 Å². The van der Waals surface area contributed by atoms with Crippen LogP contribution >= 0.6 is 0 Å². The molecule has 0 fully saturated rings. The monoisotopic (exact) mass is 356 g/mol.